The van der Waals surface area contributed by atoms with Gasteiger partial charge in [-0.25, -0.2) is 0 Å². The number of benzene rings is 1. The molecule has 1 N–H and O–H groups in total. The Morgan fingerprint density at radius 1 is 1.25 bits per heavy atom. The van der Waals surface area contributed by atoms with E-state index in [1.165, 1.54) is 10.9 Å². The van der Waals surface area contributed by atoms with Gasteiger partial charge in [-0.1, -0.05) is 30.3 Å². The summed E-state index contributed by atoms with van der Waals surface area (Å²) in [6.07, 6.45) is 4.14. The zero-order chi connectivity index (χ0) is 19.1. The summed E-state index contributed by atoms with van der Waals surface area (Å²) in [5, 5.41) is 8.31. The highest BCUT2D eigenvalue weighted by molar-refractivity contribution is 5.92. The maximum atomic E-state index is 12.6. The molecule has 144 valence electrons. The van der Waals surface area contributed by atoms with E-state index in [1.807, 2.05) is 18.3 Å². The third kappa shape index (κ3) is 3.40. The van der Waals surface area contributed by atoms with E-state index < -0.39 is 0 Å². The normalized spacial score (nSPS) is 22.6. The maximum absolute atomic E-state index is 12.6. The van der Waals surface area contributed by atoms with E-state index in [1.54, 1.807) is 6.07 Å². The molecule has 1 amide bonds. The average molecular weight is 376 g/mol. The average Bonchev–Trinajstić information content (AvgIpc) is 3.33. The van der Waals surface area contributed by atoms with Gasteiger partial charge in [0.15, 0.2) is 5.69 Å². The Morgan fingerprint density at radius 3 is 2.96 bits per heavy atom. The van der Waals surface area contributed by atoms with Crippen molar-refractivity contribution in [1.29, 1.82) is 0 Å². The molecule has 28 heavy (non-hydrogen) atoms. The first-order chi connectivity index (χ1) is 13.7. The van der Waals surface area contributed by atoms with Crippen molar-refractivity contribution in [1.82, 2.24) is 20.4 Å². The van der Waals surface area contributed by atoms with Gasteiger partial charge < -0.3 is 9.84 Å². The van der Waals surface area contributed by atoms with Crippen LogP contribution in [0.5, 0.6) is 0 Å². The van der Waals surface area contributed by atoms with Crippen LogP contribution in [0.15, 0.2) is 47.1 Å². The molecule has 2 atom stereocenters. The van der Waals surface area contributed by atoms with Crippen molar-refractivity contribution in [3.63, 3.8) is 0 Å². The van der Waals surface area contributed by atoms with Crippen molar-refractivity contribution in [2.75, 3.05) is 13.1 Å². The lowest BCUT2D eigenvalue weighted by Crippen LogP contribution is -2.40. The number of hydrogen-bond donors (Lipinski definition) is 1. The smallest absolute Gasteiger partial charge is 0.273 e. The monoisotopic (exact) mass is 376 g/mol. The number of nitrogens with one attached hydrogen (secondary N) is 1. The Balaban J connectivity index is 1.25. The largest absolute Gasteiger partial charge is 0.360 e. The molecule has 0 spiro atoms. The summed E-state index contributed by atoms with van der Waals surface area (Å²) in [5.41, 5.74) is 2.69. The lowest BCUT2D eigenvalue weighted by Gasteiger charge is -2.17. The third-order valence-electron chi connectivity index (χ3n) is 5.88. The van der Waals surface area contributed by atoms with Gasteiger partial charge in [0.2, 0.25) is 0 Å². The van der Waals surface area contributed by atoms with Crippen LogP contribution in [0.1, 0.15) is 47.5 Å². The second kappa shape index (κ2) is 7.02. The van der Waals surface area contributed by atoms with E-state index in [-0.39, 0.29) is 11.9 Å². The first-order valence-corrected chi connectivity index (χ1v) is 10.00. The van der Waals surface area contributed by atoms with Gasteiger partial charge in [0.05, 0.1) is 5.52 Å². The van der Waals surface area contributed by atoms with Crippen molar-refractivity contribution in [2.24, 2.45) is 5.92 Å². The van der Waals surface area contributed by atoms with Gasteiger partial charge in [-0.3, -0.25) is 14.7 Å². The van der Waals surface area contributed by atoms with Crippen molar-refractivity contribution < 1.29 is 9.32 Å². The molecule has 1 saturated carbocycles. The molecule has 5 rings (SSSR count). The minimum Gasteiger partial charge on any atom is -0.360 e. The Hall–Kier alpha value is -2.73. The second-order valence-corrected chi connectivity index (χ2v) is 8.13. The number of para-hydroxylation sites is 1. The molecule has 3 heterocycles. The van der Waals surface area contributed by atoms with E-state index in [0.717, 1.165) is 43.8 Å². The van der Waals surface area contributed by atoms with Crippen molar-refractivity contribution in [3.05, 3.63) is 59.6 Å². The fraction of sp³-hybridized carbons (Fsp3) is 0.409. The van der Waals surface area contributed by atoms with E-state index >= 15 is 0 Å². The maximum Gasteiger partial charge on any atom is 0.273 e. The number of pyridine rings is 1. The highest BCUT2D eigenvalue weighted by atomic mass is 16.5. The number of hydrogen-bond acceptors (Lipinski definition) is 5. The quantitative estimate of drug-likeness (QED) is 0.739. The van der Waals surface area contributed by atoms with Crippen LogP contribution in [-0.2, 0) is 6.54 Å². The Kier molecular flexibility index (Phi) is 4.36. The van der Waals surface area contributed by atoms with Gasteiger partial charge in [0.25, 0.3) is 5.91 Å². The zero-order valence-electron chi connectivity index (χ0n) is 16.0. The second-order valence-electron chi connectivity index (χ2n) is 8.13. The fourth-order valence-electron chi connectivity index (χ4n) is 4.12. The number of fused-ring (bicyclic) bond motifs is 1. The predicted octanol–water partition coefficient (Wildman–Crippen LogP) is 3.35. The summed E-state index contributed by atoms with van der Waals surface area (Å²) < 4.78 is 5.31. The van der Waals surface area contributed by atoms with Crippen molar-refractivity contribution >= 4 is 16.8 Å². The molecule has 2 aromatic heterocycles. The minimum absolute atomic E-state index is 0.113. The first kappa shape index (κ1) is 17.4. The predicted molar refractivity (Wildman–Crippen MR) is 106 cm³/mol. The SMILES string of the molecule is C[C@@H]1CN(Cc2ccnc3ccccc23)C[C@@H]1NC(=O)c1cc(C2CC2)on1. The topological polar surface area (TPSA) is 71.3 Å². The van der Waals surface area contributed by atoms with Gasteiger partial charge in [0, 0.05) is 49.2 Å². The molecule has 2 aliphatic rings. The molecule has 0 unspecified atom stereocenters. The van der Waals surface area contributed by atoms with Crippen LogP contribution in [0.25, 0.3) is 10.9 Å². The van der Waals surface area contributed by atoms with Gasteiger partial charge >= 0.3 is 0 Å². The van der Waals surface area contributed by atoms with E-state index in [0.29, 0.717) is 17.5 Å². The molecule has 6 nitrogen and oxygen atoms in total. The molecule has 0 radical (unpaired) electrons. The number of likely N-dealkylation sites (tertiary alicyclic amines) is 1. The third-order valence-corrected chi connectivity index (χ3v) is 5.88. The van der Waals surface area contributed by atoms with Gasteiger partial charge in [-0.2, -0.15) is 0 Å². The van der Waals surface area contributed by atoms with Crippen LogP contribution in [-0.4, -0.2) is 40.1 Å². The lowest BCUT2D eigenvalue weighted by atomic mass is 10.1. The Bertz CT molecular complexity index is 1010. The summed E-state index contributed by atoms with van der Waals surface area (Å²) in [6, 6.07) is 12.2. The Morgan fingerprint density at radius 2 is 2.11 bits per heavy atom. The summed E-state index contributed by atoms with van der Waals surface area (Å²) >= 11 is 0. The van der Waals surface area contributed by atoms with Crippen LogP contribution >= 0.6 is 0 Å². The van der Waals surface area contributed by atoms with E-state index in [4.69, 9.17) is 4.52 Å². The number of carbonyl (C=O) groups is 1. The van der Waals surface area contributed by atoms with Crippen LogP contribution in [0.2, 0.25) is 0 Å². The highest BCUT2D eigenvalue weighted by Crippen LogP contribution is 2.40. The molecule has 1 aromatic carbocycles. The lowest BCUT2D eigenvalue weighted by molar-refractivity contribution is 0.0922. The van der Waals surface area contributed by atoms with Crippen molar-refractivity contribution in [2.45, 2.75) is 38.3 Å². The first-order valence-electron chi connectivity index (χ1n) is 10.00. The van der Waals surface area contributed by atoms with E-state index in [9.17, 15) is 4.79 Å². The zero-order valence-corrected chi connectivity index (χ0v) is 16.0. The Labute approximate surface area is 163 Å². The van der Waals surface area contributed by atoms with Gasteiger partial charge in [-0.15, -0.1) is 0 Å². The van der Waals surface area contributed by atoms with E-state index in [2.05, 4.69) is 45.5 Å². The summed E-state index contributed by atoms with van der Waals surface area (Å²) in [5.74, 6) is 1.55. The minimum atomic E-state index is -0.135. The molecular weight excluding hydrogens is 352 g/mol. The number of rotatable bonds is 5. The van der Waals surface area contributed by atoms with Crippen molar-refractivity contribution in [3.8, 4) is 0 Å². The summed E-state index contributed by atoms with van der Waals surface area (Å²) in [6.45, 7) is 4.83. The highest BCUT2D eigenvalue weighted by Gasteiger charge is 2.33. The molecule has 1 aliphatic heterocycles. The number of aromatic nitrogens is 2. The van der Waals surface area contributed by atoms with Gasteiger partial charge in [0.1, 0.15) is 5.76 Å². The standard InChI is InChI=1S/C22H24N4O2/c1-14-11-26(12-16-8-9-23-18-5-3-2-4-17(16)18)13-20(14)24-22(27)19-10-21(28-25-19)15-6-7-15/h2-5,8-10,14-15,20H,6-7,11-13H2,1H3,(H,24,27)/t14-,20+/m1/s1. The summed E-state index contributed by atoms with van der Waals surface area (Å²) in [4.78, 5) is 19.4. The molecule has 3 aromatic rings. The van der Waals surface area contributed by atoms with Crippen LogP contribution in [0.4, 0.5) is 0 Å². The number of carbonyl (C=O) groups excluding carboxylic acids is 1. The molecule has 2 fully saturated rings. The molecule has 0 bridgehead atoms. The number of nitrogens with zero attached hydrogens (tertiary/aromatic N) is 3. The number of amides is 1. The molecular formula is C22H24N4O2. The van der Waals surface area contributed by atoms with Crippen LogP contribution in [0, 0.1) is 5.92 Å². The van der Waals surface area contributed by atoms with Crippen LogP contribution < -0.4 is 5.32 Å². The molecule has 1 saturated heterocycles. The molecule has 6 heteroatoms. The molecule has 1 aliphatic carbocycles. The summed E-state index contributed by atoms with van der Waals surface area (Å²) in [7, 11) is 0. The van der Waals surface area contributed by atoms with Crippen LogP contribution in [0.3, 0.4) is 0 Å². The fourth-order valence-corrected chi connectivity index (χ4v) is 4.12. The van der Waals surface area contributed by atoms with Gasteiger partial charge in [-0.05, 0) is 36.5 Å².